The van der Waals surface area contributed by atoms with Gasteiger partial charge in [-0.1, -0.05) is 95.3 Å². The Morgan fingerprint density at radius 2 is 1.50 bits per heavy atom. The van der Waals surface area contributed by atoms with Gasteiger partial charge in [-0.15, -0.1) is 0 Å². The van der Waals surface area contributed by atoms with Crippen molar-refractivity contribution in [3.8, 4) is 11.5 Å². The number of benzene rings is 3. The van der Waals surface area contributed by atoms with Crippen LogP contribution in [0.1, 0.15) is 59.1 Å². The molecular weight excluding hydrogens is 689 g/mol. The maximum Gasteiger partial charge on any atom is 0.408 e. The van der Waals surface area contributed by atoms with Crippen molar-refractivity contribution in [3.05, 3.63) is 90.0 Å². The van der Waals surface area contributed by atoms with E-state index in [1.807, 2.05) is 71.0 Å². The number of nitrogens with zero attached hydrogens (tertiary/aromatic N) is 2. The lowest BCUT2D eigenvalue weighted by Gasteiger charge is -2.38. The van der Waals surface area contributed by atoms with E-state index in [1.165, 1.54) is 29.4 Å². The molecule has 0 aliphatic carbocycles. The second kappa shape index (κ2) is 17.7. The van der Waals surface area contributed by atoms with Crippen LogP contribution in [0.3, 0.4) is 0 Å². The van der Waals surface area contributed by atoms with Crippen molar-refractivity contribution in [3.63, 3.8) is 0 Å². The van der Waals surface area contributed by atoms with Crippen molar-refractivity contribution < 1.29 is 42.1 Å². The van der Waals surface area contributed by atoms with Gasteiger partial charge >= 0.3 is 6.09 Å². The molecule has 4 rings (SSSR count). The average molecular weight is 739 g/mol. The van der Waals surface area contributed by atoms with Gasteiger partial charge < -0.3 is 24.6 Å². The van der Waals surface area contributed by atoms with E-state index in [1.54, 1.807) is 24.3 Å². The van der Waals surface area contributed by atoms with E-state index < -0.39 is 58.1 Å². The summed E-state index contributed by atoms with van der Waals surface area (Å²) in [6.45, 7) is 10.4. The van der Waals surface area contributed by atoms with Gasteiger partial charge in [0.15, 0.2) is 11.5 Å². The molecule has 1 heterocycles. The minimum absolute atomic E-state index is 0.00933. The van der Waals surface area contributed by atoms with Gasteiger partial charge in [-0.25, -0.2) is 18.2 Å². The largest absolute Gasteiger partial charge is 0.454 e. The van der Waals surface area contributed by atoms with E-state index in [2.05, 4.69) is 10.7 Å². The van der Waals surface area contributed by atoms with Crippen LogP contribution in [0, 0.1) is 11.3 Å². The lowest BCUT2D eigenvalue weighted by atomic mass is 9.91. The summed E-state index contributed by atoms with van der Waals surface area (Å²) in [4.78, 5) is 40.2. The van der Waals surface area contributed by atoms with E-state index in [0.29, 0.717) is 11.5 Å². The van der Waals surface area contributed by atoms with Crippen LogP contribution in [0.4, 0.5) is 4.79 Å². The van der Waals surface area contributed by atoms with Gasteiger partial charge in [-0.3, -0.25) is 15.0 Å². The van der Waals surface area contributed by atoms with Crippen molar-refractivity contribution in [1.82, 2.24) is 20.1 Å². The molecule has 3 atom stereocenters. The fourth-order valence-electron chi connectivity index (χ4n) is 5.54. The van der Waals surface area contributed by atoms with Crippen LogP contribution >= 0.6 is 0 Å². The number of alkyl carbamates (subject to hydrolysis) is 1. The van der Waals surface area contributed by atoms with E-state index in [9.17, 15) is 27.9 Å². The fourth-order valence-corrected chi connectivity index (χ4v) is 7.18. The highest BCUT2D eigenvalue weighted by molar-refractivity contribution is 7.89. The number of hydrogen-bond acceptors (Lipinski definition) is 9. The van der Waals surface area contributed by atoms with E-state index in [0.717, 1.165) is 16.1 Å². The molecule has 0 spiro atoms. The quantitative estimate of drug-likeness (QED) is 0.189. The lowest BCUT2D eigenvalue weighted by Crippen LogP contribution is -2.61. The number of carbonyl (C=O) groups excluding carboxylic acids is 3. The molecule has 52 heavy (non-hydrogen) atoms. The number of hydrogen-bond donors (Lipinski definition) is 3. The highest BCUT2D eigenvalue weighted by Crippen LogP contribution is 2.35. The number of amides is 3. The zero-order valence-corrected chi connectivity index (χ0v) is 31.4. The second-order valence-electron chi connectivity index (χ2n) is 14.5. The first-order valence-corrected chi connectivity index (χ1v) is 18.7. The van der Waals surface area contributed by atoms with Gasteiger partial charge in [0.1, 0.15) is 12.6 Å². The summed E-state index contributed by atoms with van der Waals surface area (Å²) >= 11 is 0. The smallest absolute Gasteiger partial charge is 0.408 e. The highest BCUT2D eigenvalue weighted by Gasteiger charge is 2.38. The molecule has 0 aromatic heterocycles. The third-order valence-electron chi connectivity index (χ3n) is 8.13. The van der Waals surface area contributed by atoms with Crippen molar-refractivity contribution in [2.24, 2.45) is 11.3 Å². The third kappa shape index (κ3) is 11.4. The molecule has 282 valence electrons. The molecule has 0 fully saturated rings. The maximum absolute atomic E-state index is 14.1. The van der Waals surface area contributed by atoms with Crippen LogP contribution in [0.15, 0.2) is 83.8 Å². The Morgan fingerprint density at radius 1 is 0.885 bits per heavy atom. The predicted molar refractivity (Wildman–Crippen MR) is 194 cm³/mol. The Hall–Kier alpha value is -4.66. The number of aliphatic hydroxyl groups excluding tert-OH is 1. The molecular formula is C38H50N4O9S. The van der Waals surface area contributed by atoms with Gasteiger partial charge in [0.2, 0.25) is 22.7 Å². The van der Waals surface area contributed by atoms with Gasteiger partial charge in [-0.2, -0.15) is 4.31 Å². The van der Waals surface area contributed by atoms with Gasteiger partial charge in [-0.05, 0) is 47.9 Å². The fraction of sp³-hybridized carbons (Fsp3) is 0.447. The molecule has 1 aliphatic heterocycles. The topological polar surface area (TPSA) is 164 Å². The standard InChI is InChI=1S/C38H50N4O9S/c1-26(2)22-41(52(47,48)30-17-18-33-34(20-30)51-25-50-33)23-32(43)31(19-28-13-9-7-10-14-28)42(35(44)21-38(4,5)6)40-36(45)27(3)39-37(46)49-24-29-15-11-8-12-16-29/h7-18,20,26-27,31-32,43H,19,21-25H2,1-6H3,(H,39,46)(H,40,45)/t27-,31+,32-/m1/s1. The van der Waals surface area contributed by atoms with Crippen LogP contribution in [-0.4, -0.2) is 78.8 Å². The molecule has 14 heteroatoms. The number of rotatable bonds is 15. The van der Waals surface area contributed by atoms with Crippen molar-refractivity contribution >= 4 is 27.9 Å². The normalized spacial score (nSPS) is 14.4. The molecule has 3 N–H and O–H groups in total. The molecule has 13 nitrogen and oxygen atoms in total. The molecule has 0 saturated heterocycles. The monoisotopic (exact) mass is 738 g/mol. The van der Waals surface area contributed by atoms with Crippen LogP contribution < -0.4 is 20.2 Å². The van der Waals surface area contributed by atoms with Gasteiger partial charge in [0, 0.05) is 25.6 Å². The number of ether oxygens (including phenoxy) is 3. The number of carbonyl (C=O) groups is 3. The predicted octanol–water partition coefficient (Wildman–Crippen LogP) is 4.65. The summed E-state index contributed by atoms with van der Waals surface area (Å²) < 4.78 is 45.4. The summed E-state index contributed by atoms with van der Waals surface area (Å²) in [5.41, 5.74) is 3.63. The first kappa shape index (κ1) is 40.1. The number of hydrazine groups is 1. The van der Waals surface area contributed by atoms with E-state index in [-0.39, 0.29) is 43.6 Å². The van der Waals surface area contributed by atoms with Gasteiger partial charge in [0.25, 0.3) is 5.91 Å². The SMILES string of the molecule is CC(C)CN(C[C@@H](O)[C@H](Cc1ccccc1)N(NC(=O)[C@@H](C)NC(=O)OCc1ccccc1)C(=O)CC(C)(C)C)S(=O)(=O)c1ccc2c(c1)OCO2. The molecule has 1 aliphatic rings. The summed E-state index contributed by atoms with van der Waals surface area (Å²) in [6.07, 6.45) is -2.26. The number of aliphatic hydroxyl groups is 1. The van der Waals surface area contributed by atoms with E-state index in [4.69, 9.17) is 14.2 Å². The molecule has 0 radical (unpaired) electrons. The molecule has 0 unspecified atom stereocenters. The van der Waals surface area contributed by atoms with Crippen LogP contribution in [0.25, 0.3) is 0 Å². The summed E-state index contributed by atoms with van der Waals surface area (Å²) in [5.74, 6) is -0.656. The average Bonchev–Trinajstić information content (AvgIpc) is 3.56. The highest BCUT2D eigenvalue weighted by atomic mass is 32.2. The van der Waals surface area contributed by atoms with Crippen molar-refractivity contribution in [2.75, 3.05) is 19.9 Å². The Labute approximate surface area is 306 Å². The van der Waals surface area contributed by atoms with Gasteiger partial charge in [0.05, 0.1) is 17.0 Å². The number of nitrogens with one attached hydrogen (secondary N) is 2. The molecule has 3 aromatic carbocycles. The summed E-state index contributed by atoms with van der Waals surface area (Å²) in [7, 11) is -4.18. The molecule has 3 aromatic rings. The minimum Gasteiger partial charge on any atom is -0.454 e. The molecule has 3 amide bonds. The van der Waals surface area contributed by atoms with Crippen molar-refractivity contribution in [1.29, 1.82) is 0 Å². The number of fused-ring (bicyclic) bond motifs is 1. The van der Waals surface area contributed by atoms with Crippen molar-refractivity contribution in [2.45, 2.75) is 84.1 Å². The summed E-state index contributed by atoms with van der Waals surface area (Å²) in [6, 6.07) is 20.2. The zero-order valence-electron chi connectivity index (χ0n) is 30.6. The zero-order chi connectivity index (χ0) is 38.1. The Balaban J connectivity index is 1.63. The minimum atomic E-state index is -4.18. The lowest BCUT2D eigenvalue weighted by molar-refractivity contribution is -0.150. The maximum atomic E-state index is 14.1. The third-order valence-corrected chi connectivity index (χ3v) is 9.95. The van der Waals surface area contributed by atoms with Crippen LogP contribution in [0.5, 0.6) is 11.5 Å². The first-order chi connectivity index (χ1) is 24.5. The Morgan fingerprint density at radius 3 is 2.12 bits per heavy atom. The molecule has 0 bridgehead atoms. The Bertz CT molecular complexity index is 1770. The number of sulfonamides is 1. The Kier molecular flexibility index (Phi) is 13.7. The first-order valence-electron chi connectivity index (χ1n) is 17.2. The van der Waals surface area contributed by atoms with Crippen LogP contribution in [0.2, 0.25) is 0 Å². The second-order valence-corrected chi connectivity index (χ2v) is 16.4. The van der Waals surface area contributed by atoms with Crippen LogP contribution in [-0.2, 0) is 37.4 Å². The molecule has 0 saturated carbocycles. The van der Waals surface area contributed by atoms with E-state index >= 15 is 0 Å². The summed E-state index contributed by atoms with van der Waals surface area (Å²) in [5, 5.41) is 15.6.